The Morgan fingerprint density at radius 2 is 2.04 bits per heavy atom. The summed E-state index contributed by atoms with van der Waals surface area (Å²) < 4.78 is 12.2. The fraction of sp³-hybridized carbons (Fsp3) is 0.500. The minimum Gasteiger partial charge on any atom is -0.493 e. The van der Waals surface area contributed by atoms with Gasteiger partial charge in [0.2, 0.25) is 5.91 Å². The number of benzene rings is 1. The second-order valence-corrected chi connectivity index (χ2v) is 7.27. The zero-order chi connectivity index (χ0) is 19.0. The highest BCUT2D eigenvalue weighted by Gasteiger charge is 2.36. The van der Waals surface area contributed by atoms with Gasteiger partial charge in [0.15, 0.2) is 11.5 Å². The standard InChI is InChI=1S/C20H25N3O4/c1-26-17-6-5-15-14(19(17)27-2)7-9-22(20(15)25)12-18(24)23-10-13-4-3-8-21-16(13)11-23/h5-7,9,13,16,21H,3-4,8,10-12H2,1-2H3/t13-,16+/m0/s1. The lowest BCUT2D eigenvalue weighted by Crippen LogP contribution is -2.41. The van der Waals surface area contributed by atoms with Crippen LogP contribution in [0.5, 0.6) is 11.5 Å². The van der Waals surface area contributed by atoms with E-state index in [2.05, 4.69) is 5.32 Å². The van der Waals surface area contributed by atoms with Crippen LogP contribution in [0.3, 0.4) is 0 Å². The van der Waals surface area contributed by atoms with E-state index in [1.165, 1.54) is 17.4 Å². The molecule has 4 rings (SSSR count). The number of ether oxygens (including phenoxy) is 2. The topological polar surface area (TPSA) is 72.8 Å². The van der Waals surface area contributed by atoms with Gasteiger partial charge in [0, 0.05) is 30.7 Å². The van der Waals surface area contributed by atoms with E-state index in [0.29, 0.717) is 34.2 Å². The second-order valence-electron chi connectivity index (χ2n) is 7.27. The zero-order valence-corrected chi connectivity index (χ0v) is 15.7. The lowest BCUT2D eigenvalue weighted by Gasteiger charge is -2.24. The molecular formula is C20H25N3O4. The predicted molar refractivity (Wildman–Crippen MR) is 102 cm³/mol. The number of rotatable bonds is 4. The number of nitrogens with one attached hydrogen (secondary N) is 1. The molecule has 1 N–H and O–H groups in total. The Bertz CT molecular complexity index is 909. The zero-order valence-electron chi connectivity index (χ0n) is 15.7. The molecule has 0 spiro atoms. The van der Waals surface area contributed by atoms with Gasteiger partial charge in [0.25, 0.3) is 5.56 Å². The number of carbonyl (C=O) groups is 1. The number of amides is 1. The first-order valence-electron chi connectivity index (χ1n) is 9.37. The number of fused-ring (bicyclic) bond motifs is 2. The highest BCUT2D eigenvalue weighted by atomic mass is 16.5. The van der Waals surface area contributed by atoms with Crippen LogP contribution in [0.15, 0.2) is 29.2 Å². The van der Waals surface area contributed by atoms with Crippen molar-refractivity contribution in [3.63, 3.8) is 0 Å². The molecule has 2 saturated heterocycles. The number of methoxy groups -OCH3 is 2. The summed E-state index contributed by atoms with van der Waals surface area (Å²) >= 11 is 0. The maximum absolute atomic E-state index is 12.9. The summed E-state index contributed by atoms with van der Waals surface area (Å²) in [6.07, 6.45) is 3.99. The van der Waals surface area contributed by atoms with Gasteiger partial charge in [0.05, 0.1) is 19.6 Å². The molecule has 0 unspecified atom stereocenters. The second kappa shape index (κ2) is 7.23. The van der Waals surface area contributed by atoms with Crippen molar-refractivity contribution in [2.24, 2.45) is 5.92 Å². The quantitative estimate of drug-likeness (QED) is 0.875. The van der Waals surface area contributed by atoms with Crippen molar-refractivity contribution in [3.8, 4) is 11.5 Å². The summed E-state index contributed by atoms with van der Waals surface area (Å²) in [5, 5.41) is 4.70. The molecule has 2 aliphatic rings. The molecule has 0 bridgehead atoms. The SMILES string of the molecule is COc1ccc2c(=O)n(CC(=O)N3C[C@@H]4CCCN[C@@H]4C3)ccc2c1OC. The molecule has 3 heterocycles. The first-order valence-corrected chi connectivity index (χ1v) is 9.37. The summed E-state index contributed by atoms with van der Waals surface area (Å²) in [5.41, 5.74) is -0.198. The van der Waals surface area contributed by atoms with Crippen LogP contribution < -0.4 is 20.3 Å². The third-order valence-electron chi connectivity index (χ3n) is 5.75. The Morgan fingerprint density at radius 3 is 2.78 bits per heavy atom. The number of piperidine rings is 1. The van der Waals surface area contributed by atoms with E-state index in [0.717, 1.165) is 19.6 Å². The van der Waals surface area contributed by atoms with Gasteiger partial charge in [-0.05, 0) is 43.5 Å². The minimum absolute atomic E-state index is 0.00636. The summed E-state index contributed by atoms with van der Waals surface area (Å²) in [6, 6.07) is 5.63. The Morgan fingerprint density at radius 1 is 1.19 bits per heavy atom. The number of nitrogens with zero attached hydrogens (tertiary/aromatic N) is 2. The van der Waals surface area contributed by atoms with Gasteiger partial charge in [-0.15, -0.1) is 0 Å². The van der Waals surface area contributed by atoms with Gasteiger partial charge in [-0.3, -0.25) is 9.59 Å². The van der Waals surface area contributed by atoms with Crippen molar-refractivity contribution >= 4 is 16.7 Å². The normalized spacial score (nSPS) is 21.9. The molecule has 7 nitrogen and oxygen atoms in total. The molecule has 2 fully saturated rings. The molecular weight excluding hydrogens is 346 g/mol. The van der Waals surface area contributed by atoms with E-state index in [9.17, 15) is 9.59 Å². The average Bonchev–Trinajstić information content (AvgIpc) is 3.13. The summed E-state index contributed by atoms with van der Waals surface area (Å²) in [5.74, 6) is 1.63. The van der Waals surface area contributed by atoms with Gasteiger partial charge in [-0.1, -0.05) is 0 Å². The van der Waals surface area contributed by atoms with Crippen LogP contribution in [0.2, 0.25) is 0 Å². The predicted octanol–water partition coefficient (Wildman–Crippen LogP) is 1.23. The third-order valence-corrected chi connectivity index (χ3v) is 5.75. The van der Waals surface area contributed by atoms with Gasteiger partial charge in [0.1, 0.15) is 6.54 Å². The molecule has 0 saturated carbocycles. The summed E-state index contributed by atoms with van der Waals surface area (Å²) in [6.45, 7) is 2.60. The molecule has 7 heteroatoms. The lowest BCUT2D eigenvalue weighted by atomic mass is 9.94. The van der Waals surface area contributed by atoms with Crippen LogP contribution in [0.4, 0.5) is 0 Å². The van der Waals surface area contributed by atoms with Gasteiger partial charge < -0.3 is 24.3 Å². The van der Waals surface area contributed by atoms with Crippen molar-refractivity contribution in [3.05, 3.63) is 34.7 Å². The molecule has 0 radical (unpaired) electrons. The Labute approximate surface area is 157 Å². The van der Waals surface area contributed by atoms with Crippen LogP contribution >= 0.6 is 0 Å². The number of aromatic nitrogens is 1. The Hall–Kier alpha value is -2.54. The molecule has 0 aliphatic carbocycles. The molecule has 1 amide bonds. The number of hydrogen-bond donors (Lipinski definition) is 1. The van der Waals surface area contributed by atoms with Crippen LogP contribution in [-0.2, 0) is 11.3 Å². The van der Waals surface area contributed by atoms with Crippen molar-refractivity contribution in [2.45, 2.75) is 25.4 Å². The van der Waals surface area contributed by atoms with Gasteiger partial charge in [-0.2, -0.15) is 0 Å². The monoisotopic (exact) mass is 371 g/mol. The highest BCUT2D eigenvalue weighted by Crippen LogP contribution is 2.33. The summed E-state index contributed by atoms with van der Waals surface area (Å²) in [4.78, 5) is 27.5. The van der Waals surface area contributed by atoms with E-state index in [-0.39, 0.29) is 18.0 Å². The summed E-state index contributed by atoms with van der Waals surface area (Å²) in [7, 11) is 3.11. The van der Waals surface area contributed by atoms with Crippen LogP contribution in [0.25, 0.3) is 10.8 Å². The Balaban J connectivity index is 1.58. The van der Waals surface area contributed by atoms with Crippen LogP contribution in [-0.4, -0.2) is 55.3 Å². The number of pyridine rings is 1. The van der Waals surface area contributed by atoms with E-state index in [1.54, 1.807) is 38.6 Å². The van der Waals surface area contributed by atoms with Crippen LogP contribution in [0, 0.1) is 5.92 Å². The molecule has 2 atom stereocenters. The molecule has 2 aliphatic heterocycles. The van der Waals surface area contributed by atoms with E-state index < -0.39 is 0 Å². The minimum atomic E-state index is -0.198. The fourth-order valence-electron chi connectivity index (χ4n) is 4.31. The van der Waals surface area contributed by atoms with Crippen molar-refractivity contribution in [1.82, 2.24) is 14.8 Å². The number of carbonyl (C=O) groups excluding carboxylic acids is 1. The van der Waals surface area contributed by atoms with E-state index >= 15 is 0 Å². The number of likely N-dealkylation sites (tertiary alicyclic amines) is 1. The third kappa shape index (κ3) is 3.16. The first kappa shape index (κ1) is 17.9. The molecule has 27 heavy (non-hydrogen) atoms. The number of hydrogen-bond acceptors (Lipinski definition) is 5. The maximum atomic E-state index is 12.9. The Kier molecular flexibility index (Phi) is 4.78. The smallest absolute Gasteiger partial charge is 0.259 e. The van der Waals surface area contributed by atoms with Gasteiger partial charge in [-0.25, -0.2) is 0 Å². The lowest BCUT2D eigenvalue weighted by molar-refractivity contribution is -0.131. The first-order chi connectivity index (χ1) is 13.1. The van der Waals surface area contributed by atoms with Crippen LogP contribution in [0.1, 0.15) is 12.8 Å². The average molecular weight is 371 g/mol. The molecule has 144 valence electrons. The molecule has 2 aromatic rings. The molecule has 1 aromatic heterocycles. The van der Waals surface area contributed by atoms with Crippen molar-refractivity contribution in [1.29, 1.82) is 0 Å². The maximum Gasteiger partial charge on any atom is 0.259 e. The van der Waals surface area contributed by atoms with Crippen molar-refractivity contribution in [2.75, 3.05) is 33.9 Å². The fourth-order valence-corrected chi connectivity index (χ4v) is 4.31. The molecule has 1 aromatic carbocycles. The van der Waals surface area contributed by atoms with Gasteiger partial charge >= 0.3 is 0 Å². The van der Waals surface area contributed by atoms with Crippen molar-refractivity contribution < 1.29 is 14.3 Å². The van der Waals surface area contributed by atoms with E-state index in [1.807, 2.05) is 4.90 Å². The largest absolute Gasteiger partial charge is 0.493 e. The highest BCUT2D eigenvalue weighted by molar-refractivity contribution is 5.90. The van der Waals surface area contributed by atoms with E-state index in [4.69, 9.17) is 9.47 Å².